The summed E-state index contributed by atoms with van der Waals surface area (Å²) in [6.45, 7) is 7.96. The molecule has 2 atom stereocenters. The van der Waals surface area contributed by atoms with Crippen molar-refractivity contribution < 1.29 is 4.79 Å². The van der Waals surface area contributed by atoms with Crippen LogP contribution in [0.5, 0.6) is 0 Å². The maximum absolute atomic E-state index is 12.4. The van der Waals surface area contributed by atoms with Crippen LogP contribution >= 0.6 is 24.2 Å². The van der Waals surface area contributed by atoms with Crippen LogP contribution in [0.15, 0.2) is 11.2 Å². The number of hydrogen-bond donors (Lipinski definition) is 1. The minimum absolute atomic E-state index is 0. The summed E-state index contributed by atoms with van der Waals surface area (Å²) in [7, 11) is 0. The number of halogens is 1. The highest BCUT2D eigenvalue weighted by Crippen LogP contribution is 2.27. The van der Waals surface area contributed by atoms with E-state index in [1.54, 1.807) is 0 Å². The Kier molecular flexibility index (Phi) is 6.68. The van der Waals surface area contributed by atoms with Crippen LogP contribution in [-0.4, -0.2) is 52.7 Å². The van der Waals surface area contributed by atoms with Crippen LogP contribution in [-0.2, 0) is 4.79 Å². The quantitative estimate of drug-likeness (QED) is 0.663. The molecule has 1 amide bonds. The molecule has 1 aromatic rings. The van der Waals surface area contributed by atoms with Crippen LogP contribution in [0.3, 0.4) is 0 Å². The zero-order chi connectivity index (χ0) is 15.5. The molecule has 0 bridgehead atoms. The lowest BCUT2D eigenvalue weighted by Gasteiger charge is -2.20. The second-order valence-electron chi connectivity index (χ2n) is 6.36. The predicted octanol–water partition coefficient (Wildman–Crippen LogP) is 2.07. The van der Waals surface area contributed by atoms with E-state index in [-0.39, 0.29) is 18.3 Å². The van der Waals surface area contributed by atoms with Gasteiger partial charge in [0.15, 0.2) is 5.16 Å². The third-order valence-corrected chi connectivity index (χ3v) is 5.49. The molecule has 2 aliphatic rings. The zero-order valence-electron chi connectivity index (χ0n) is 13.7. The number of aryl methyl sites for hydroxylation is 2. The molecule has 0 unspecified atom stereocenters. The predicted molar refractivity (Wildman–Crippen MR) is 95.1 cm³/mol. The number of nitrogens with one attached hydrogen (secondary N) is 1. The Morgan fingerprint density at radius 3 is 2.35 bits per heavy atom. The van der Waals surface area contributed by atoms with Gasteiger partial charge in [0.1, 0.15) is 0 Å². The Balaban J connectivity index is 0.00000192. The summed E-state index contributed by atoms with van der Waals surface area (Å²) in [6.07, 6.45) is 2.27. The Morgan fingerprint density at radius 2 is 1.78 bits per heavy atom. The molecule has 0 saturated carbocycles. The molecule has 0 aromatic carbocycles. The first-order valence-corrected chi connectivity index (χ1v) is 9.04. The van der Waals surface area contributed by atoms with Gasteiger partial charge in [-0.2, -0.15) is 0 Å². The number of likely N-dealkylation sites (tertiary alicyclic amines) is 1. The molecule has 5 nitrogen and oxygen atoms in total. The van der Waals surface area contributed by atoms with Crippen LogP contribution in [0, 0.1) is 25.7 Å². The van der Waals surface area contributed by atoms with E-state index in [1.165, 1.54) is 11.8 Å². The Hall–Kier alpha value is -0.850. The van der Waals surface area contributed by atoms with E-state index in [9.17, 15) is 4.79 Å². The van der Waals surface area contributed by atoms with Gasteiger partial charge in [-0.05, 0) is 57.7 Å². The van der Waals surface area contributed by atoms with Crippen LogP contribution < -0.4 is 5.32 Å². The standard InChI is InChI=1S/C16H24N4OS.ClH/c1-11-7-12(2)19-16(18-11)22-10-15(21)20-5-3-13-8-17-9-14(13)4-6-20;/h7,13-14,17H,3-6,8-10H2,1-2H3;1H/t13-,14+;. The average Bonchev–Trinajstić information content (AvgIpc) is 2.82. The molecule has 7 heteroatoms. The first kappa shape index (κ1) is 18.5. The Bertz CT molecular complexity index is 523. The molecule has 2 saturated heterocycles. The summed E-state index contributed by atoms with van der Waals surface area (Å²) in [5.74, 6) is 2.18. The van der Waals surface area contributed by atoms with Crippen LogP contribution in [0.2, 0.25) is 0 Å². The fourth-order valence-electron chi connectivity index (χ4n) is 3.44. The zero-order valence-corrected chi connectivity index (χ0v) is 15.4. The maximum atomic E-state index is 12.4. The van der Waals surface area contributed by atoms with Gasteiger partial charge in [-0.3, -0.25) is 4.79 Å². The molecule has 0 radical (unpaired) electrons. The van der Waals surface area contributed by atoms with Gasteiger partial charge in [0, 0.05) is 24.5 Å². The highest BCUT2D eigenvalue weighted by Gasteiger charge is 2.31. The average molecular weight is 357 g/mol. The van der Waals surface area contributed by atoms with E-state index in [0.29, 0.717) is 10.9 Å². The van der Waals surface area contributed by atoms with E-state index in [4.69, 9.17) is 0 Å². The number of amides is 1. The topological polar surface area (TPSA) is 58.1 Å². The normalized spacial score (nSPS) is 23.8. The van der Waals surface area contributed by atoms with E-state index in [0.717, 1.165) is 62.2 Å². The van der Waals surface area contributed by atoms with Gasteiger partial charge < -0.3 is 10.2 Å². The molecule has 0 aliphatic carbocycles. The number of nitrogens with zero attached hydrogens (tertiary/aromatic N) is 3. The van der Waals surface area contributed by atoms with Crippen LogP contribution in [0.4, 0.5) is 0 Å². The van der Waals surface area contributed by atoms with E-state index in [1.807, 2.05) is 24.8 Å². The summed E-state index contributed by atoms with van der Waals surface area (Å²) < 4.78 is 0. The van der Waals surface area contributed by atoms with Gasteiger partial charge in [0.05, 0.1) is 5.75 Å². The summed E-state index contributed by atoms with van der Waals surface area (Å²) in [4.78, 5) is 23.3. The first-order valence-electron chi connectivity index (χ1n) is 8.05. The minimum Gasteiger partial charge on any atom is -0.342 e. The molecule has 23 heavy (non-hydrogen) atoms. The number of thioether (sulfide) groups is 1. The van der Waals surface area contributed by atoms with Gasteiger partial charge in [0.25, 0.3) is 0 Å². The van der Waals surface area contributed by atoms with Crippen LogP contribution in [0.25, 0.3) is 0 Å². The molecule has 2 aliphatic heterocycles. The van der Waals surface area contributed by atoms with Crippen molar-refractivity contribution in [2.75, 3.05) is 31.9 Å². The van der Waals surface area contributed by atoms with Gasteiger partial charge in [0.2, 0.25) is 5.91 Å². The Morgan fingerprint density at radius 1 is 1.22 bits per heavy atom. The lowest BCUT2D eigenvalue weighted by atomic mass is 9.92. The monoisotopic (exact) mass is 356 g/mol. The maximum Gasteiger partial charge on any atom is 0.233 e. The van der Waals surface area contributed by atoms with Gasteiger partial charge >= 0.3 is 0 Å². The third-order valence-electron chi connectivity index (χ3n) is 4.66. The molecule has 1 N–H and O–H groups in total. The van der Waals surface area contributed by atoms with Gasteiger partial charge in [-0.1, -0.05) is 11.8 Å². The van der Waals surface area contributed by atoms with E-state index in [2.05, 4.69) is 15.3 Å². The van der Waals surface area contributed by atoms with Crippen LogP contribution in [0.1, 0.15) is 24.2 Å². The summed E-state index contributed by atoms with van der Waals surface area (Å²) in [5, 5.41) is 4.18. The summed E-state index contributed by atoms with van der Waals surface area (Å²) in [6, 6.07) is 1.95. The second kappa shape index (κ2) is 8.31. The van der Waals surface area contributed by atoms with Crippen molar-refractivity contribution in [2.24, 2.45) is 11.8 Å². The van der Waals surface area contributed by atoms with Crippen molar-refractivity contribution in [2.45, 2.75) is 31.8 Å². The molecular weight excluding hydrogens is 332 g/mol. The van der Waals surface area contributed by atoms with Crippen molar-refractivity contribution in [1.82, 2.24) is 20.2 Å². The smallest absolute Gasteiger partial charge is 0.233 e. The highest BCUT2D eigenvalue weighted by molar-refractivity contribution is 7.99. The third kappa shape index (κ3) is 4.81. The molecule has 128 valence electrons. The van der Waals surface area contributed by atoms with E-state index >= 15 is 0 Å². The van der Waals surface area contributed by atoms with Crippen molar-refractivity contribution in [1.29, 1.82) is 0 Å². The molecule has 3 heterocycles. The number of rotatable bonds is 3. The Labute approximate surface area is 148 Å². The lowest BCUT2D eigenvalue weighted by molar-refractivity contribution is -0.128. The number of fused-ring (bicyclic) bond motifs is 1. The van der Waals surface area contributed by atoms with Crippen molar-refractivity contribution in [3.8, 4) is 0 Å². The molecule has 0 spiro atoms. The molecule has 3 rings (SSSR count). The summed E-state index contributed by atoms with van der Waals surface area (Å²) in [5.41, 5.74) is 1.91. The fourth-order valence-corrected chi connectivity index (χ4v) is 4.30. The minimum atomic E-state index is 0. The highest BCUT2D eigenvalue weighted by atomic mass is 35.5. The van der Waals surface area contributed by atoms with Crippen molar-refractivity contribution in [3.63, 3.8) is 0 Å². The lowest BCUT2D eigenvalue weighted by Crippen LogP contribution is -2.34. The number of aromatic nitrogens is 2. The van der Waals surface area contributed by atoms with Gasteiger partial charge in [-0.25, -0.2) is 9.97 Å². The number of carbonyl (C=O) groups excluding carboxylic acids is 1. The van der Waals surface area contributed by atoms with Gasteiger partial charge in [-0.15, -0.1) is 12.4 Å². The summed E-state index contributed by atoms with van der Waals surface area (Å²) >= 11 is 1.45. The largest absolute Gasteiger partial charge is 0.342 e. The molecule has 2 fully saturated rings. The SMILES string of the molecule is Cc1cc(C)nc(SCC(=O)N2CC[C@@H]3CNC[C@@H]3CC2)n1.Cl. The second-order valence-corrected chi connectivity index (χ2v) is 7.30. The van der Waals surface area contributed by atoms with E-state index < -0.39 is 0 Å². The van der Waals surface area contributed by atoms with Crippen molar-refractivity contribution in [3.05, 3.63) is 17.5 Å². The number of hydrogen-bond acceptors (Lipinski definition) is 5. The first-order chi connectivity index (χ1) is 10.6. The van der Waals surface area contributed by atoms with Crippen molar-refractivity contribution >= 4 is 30.1 Å². The number of carbonyl (C=O) groups is 1. The molecule has 1 aromatic heterocycles. The molecular formula is C16H25ClN4OS. The fraction of sp³-hybridized carbons (Fsp3) is 0.688.